The van der Waals surface area contributed by atoms with Gasteiger partial charge >= 0.3 is 0 Å². The molecule has 21 heavy (non-hydrogen) atoms. The summed E-state index contributed by atoms with van der Waals surface area (Å²) in [5.41, 5.74) is 2.53. The molecule has 116 valence electrons. The molecule has 2 aliphatic carbocycles. The lowest BCUT2D eigenvalue weighted by Gasteiger charge is -2.41. The maximum absolute atomic E-state index is 11.0. The quantitative estimate of drug-likeness (QED) is 0.847. The highest BCUT2D eigenvalue weighted by Gasteiger charge is 2.33. The number of nitrogens with zero attached hydrogens (tertiary/aromatic N) is 1. The van der Waals surface area contributed by atoms with Crippen LogP contribution in [0.2, 0.25) is 0 Å². The number of likely N-dealkylation sites (N-methyl/N-ethyl adjacent to an activating group) is 1. The van der Waals surface area contributed by atoms with E-state index >= 15 is 0 Å². The van der Waals surface area contributed by atoms with Gasteiger partial charge in [-0.2, -0.15) is 0 Å². The highest BCUT2D eigenvalue weighted by Crippen LogP contribution is 2.35. The van der Waals surface area contributed by atoms with Gasteiger partial charge in [-0.3, -0.25) is 4.90 Å². The Morgan fingerprint density at radius 1 is 1.05 bits per heavy atom. The lowest BCUT2D eigenvalue weighted by atomic mass is 9.90. The summed E-state index contributed by atoms with van der Waals surface area (Å²) in [4.78, 5) is 2.62. The summed E-state index contributed by atoms with van der Waals surface area (Å²) in [6.07, 6.45) is 9.88. The monoisotopic (exact) mass is 287 g/mol. The number of hydrogen-bond donors (Lipinski definition) is 1. The summed E-state index contributed by atoms with van der Waals surface area (Å²) in [6, 6.07) is 9.49. The molecule has 2 unspecified atom stereocenters. The lowest BCUT2D eigenvalue weighted by molar-refractivity contribution is 0.0123. The number of fused-ring (bicyclic) bond motifs is 1. The fourth-order valence-corrected chi connectivity index (χ4v) is 4.44. The van der Waals surface area contributed by atoms with Crippen molar-refractivity contribution in [2.75, 3.05) is 6.54 Å². The number of aryl methyl sites for hydroxylation is 1. The highest BCUT2D eigenvalue weighted by atomic mass is 16.3. The smallest absolute Gasteiger partial charge is 0.0947 e. The van der Waals surface area contributed by atoms with E-state index < -0.39 is 0 Å². The summed E-state index contributed by atoms with van der Waals surface area (Å²) in [5, 5.41) is 11.0. The molecule has 0 bridgehead atoms. The van der Waals surface area contributed by atoms with Crippen molar-refractivity contribution >= 4 is 0 Å². The average Bonchev–Trinajstić information content (AvgIpc) is 2.70. The van der Waals surface area contributed by atoms with Crippen molar-refractivity contribution in [3.63, 3.8) is 0 Å². The molecule has 1 saturated carbocycles. The van der Waals surface area contributed by atoms with Crippen LogP contribution in [0.15, 0.2) is 24.3 Å². The summed E-state index contributed by atoms with van der Waals surface area (Å²) >= 11 is 0. The van der Waals surface area contributed by atoms with Crippen molar-refractivity contribution in [1.29, 1.82) is 0 Å². The minimum atomic E-state index is -0.314. The van der Waals surface area contributed by atoms with E-state index in [1.807, 2.05) is 0 Å². The second-order valence-corrected chi connectivity index (χ2v) is 6.73. The first-order valence-electron chi connectivity index (χ1n) is 8.83. The molecule has 0 aliphatic heterocycles. The second kappa shape index (κ2) is 6.93. The first-order valence-corrected chi connectivity index (χ1v) is 8.83. The molecule has 0 heterocycles. The molecule has 1 N–H and O–H groups in total. The molecule has 0 saturated heterocycles. The van der Waals surface area contributed by atoms with Crippen molar-refractivity contribution in [2.24, 2.45) is 0 Å². The molecule has 2 heteroatoms. The topological polar surface area (TPSA) is 23.5 Å². The Morgan fingerprint density at radius 3 is 2.57 bits per heavy atom. The molecule has 0 spiro atoms. The van der Waals surface area contributed by atoms with Gasteiger partial charge in [-0.05, 0) is 49.8 Å². The summed E-state index contributed by atoms with van der Waals surface area (Å²) in [6.45, 7) is 3.33. The number of rotatable bonds is 3. The van der Waals surface area contributed by atoms with Gasteiger partial charge in [0, 0.05) is 12.1 Å². The molecule has 3 rings (SSSR count). The molecule has 2 nitrogen and oxygen atoms in total. The highest BCUT2D eigenvalue weighted by molar-refractivity contribution is 5.31. The van der Waals surface area contributed by atoms with Crippen LogP contribution in [0.5, 0.6) is 0 Å². The van der Waals surface area contributed by atoms with E-state index in [0.29, 0.717) is 12.1 Å². The molecule has 0 aromatic heterocycles. The minimum absolute atomic E-state index is 0.307. The van der Waals surface area contributed by atoms with Crippen molar-refractivity contribution in [3.8, 4) is 0 Å². The first-order chi connectivity index (χ1) is 10.3. The van der Waals surface area contributed by atoms with E-state index in [1.54, 1.807) is 0 Å². The standard InChI is InChI=1S/C19H29NO/c1-2-20(16-11-4-3-5-12-16)18-14-8-10-15-9-6-7-13-17(15)19(18)21/h6-7,9,13,16,18-19,21H,2-5,8,10-12,14H2,1H3. The Hall–Kier alpha value is -0.860. The van der Waals surface area contributed by atoms with Gasteiger partial charge in [-0.25, -0.2) is 0 Å². The van der Waals surface area contributed by atoms with Crippen LogP contribution in [-0.2, 0) is 6.42 Å². The molecule has 0 radical (unpaired) electrons. The second-order valence-electron chi connectivity index (χ2n) is 6.73. The van der Waals surface area contributed by atoms with E-state index in [9.17, 15) is 5.11 Å². The molecular formula is C19H29NO. The largest absolute Gasteiger partial charge is 0.387 e. The summed E-state index contributed by atoms with van der Waals surface area (Å²) in [7, 11) is 0. The molecule has 1 fully saturated rings. The summed E-state index contributed by atoms with van der Waals surface area (Å²) in [5.74, 6) is 0. The zero-order valence-electron chi connectivity index (χ0n) is 13.3. The van der Waals surface area contributed by atoms with Gasteiger partial charge in [0.25, 0.3) is 0 Å². The Balaban J connectivity index is 1.82. The van der Waals surface area contributed by atoms with Crippen LogP contribution in [0.25, 0.3) is 0 Å². The molecule has 2 atom stereocenters. The third-order valence-electron chi connectivity index (χ3n) is 5.52. The van der Waals surface area contributed by atoms with Crippen LogP contribution >= 0.6 is 0 Å². The molecule has 0 amide bonds. The van der Waals surface area contributed by atoms with Crippen molar-refractivity contribution in [2.45, 2.75) is 76.5 Å². The van der Waals surface area contributed by atoms with Crippen LogP contribution < -0.4 is 0 Å². The fourth-order valence-electron chi connectivity index (χ4n) is 4.44. The number of benzene rings is 1. The van der Waals surface area contributed by atoms with Gasteiger partial charge in [-0.1, -0.05) is 50.5 Å². The number of hydrogen-bond acceptors (Lipinski definition) is 2. The number of aliphatic hydroxyl groups excluding tert-OH is 1. The van der Waals surface area contributed by atoms with E-state index in [0.717, 1.165) is 19.4 Å². The Morgan fingerprint density at radius 2 is 1.81 bits per heavy atom. The zero-order chi connectivity index (χ0) is 14.7. The van der Waals surface area contributed by atoms with Crippen LogP contribution in [0, 0.1) is 0 Å². The Bertz CT molecular complexity index is 453. The van der Waals surface area contributed by atoms with Crippen LogP contribution in [0.4, 0.5) is 0 Å². The van der Waals surface area contributed by atoms with Gasteiger partial charge < -0.3 is 5.11 Å². The van der Waals surface area contributed by atoms with Crippen LogP contribution in [0.3, 0.4) is 0 Å². The fraction of sp³-hybridized carbons (Fsp3) is 0.684. The molecule has 2 aliphatic rings. The minimum Gasteiger partial charge on any atom is -0.387 e. The third-order valence-corrected chi connectivity index (χ3v) is 5.52. The zero-order valence-corrected chi connectivity index (χ0v) is 13.3. The maximum atomic E-state index is 11.0. The van der Waals surface area contributed by atoms with Crippen molar-refractivity contribution in [1.82, 2.24) is 4.90 Å². The van der Waals surface area contributed by atoms with Crippen molar-refractivity contribution in [3.05, 3.63) is 35.4 Å². The predicted octanol–water partition coefficient (Wildman–Crippen LogP) is 4.08. The molecule has 1 aromatic rings. The average molecular weight is 287 g/mol. The van der Waals surface area contributed by atoms with Gasteiger partial charge in [0.05, 0.1) is 6.10 Å². The van der Waals surface area contributed by atoms with E-state index in [2.05, 4.69) is 36.1 Å². The Labute approximate surface area is 129 Å². The van der Waals surface area contributed by atoms with E-state index in [4.69, 9.17) is 0 Å². The van der Waals surface area contributed by atoms with Crippen LogP contribution in [-0.4, -0.2) is 28.6 Å². The summed E-state index contributed by atoms with van der Waals surface area (Å²) < 4.78 is 0. The molecular weight excluding hydrogens is 258 g/mol. The third kappa shape index (κ3) is 3.17. The maximum Gasteiger partial charge on any atom is 0.0947 e. The van der Waals surface area contributed by atoms with Gasteiger partial charge in [-0.15, -0.1) is 0 Å². The van der Waals surface area contributed by atoms with Crippen LogP contribution in [0.1, 0.15) is 69.1 Å². The van der Waals surface area contributed by atoms with E-state index in [-0.39, 0.29) is 6.10 Å². The first kappa shape index (κ1) is 15.1. The van der Waals surface area contributed by atoms with Gasteiger partial charge in [0.1, 0.15) is 0 Å². The normalized spacial score (nSPS) is 27.4. The Kier molecular flexibility index (Phi) is 4.97. The van der Waals surface area contributed by atoms with E-state index in [1.165, 1.54) is 49.7 Å². The lowest BCUT2D eigenvalue weighted by Crippen LogP contribution is -2.46. The number of aliphatic hydroxyl groups is 1. The predicted molar refractivity (Wildman–Crippen MR) is 87.4 cm³/mol. The van der Waals surface area contributed by atoms with Crippen molar-refractivity contribution < 1.29 is 5.11 Å². The van der Waals surface area contributed by atoms with Gasteiger partial charge in [0.2, 0.25) is 0 Å². The molecule has 1 aromatic carbocycles. The SMILES string of the molecule is CCN(C1CCCCC1)C1CCCc2ccccc2C1O. The van der Waals surface area contributed by atoms with Gasteiger partial charge in [0.15, 0.2) is 0 Å².